The highest BCUT2D eigenvalue weighted by Crippen LogP contribution is 2.25. The van der Waals surface area contributed by atoms with Gasteiger partial charge in [-0.3, -0.25) is 4.79 Å². The molecule has 0 aromatic rings. The number of rotatable bonds is 4. The van der Waals surface area contributed by atoms with Gasteiger partial charge in [-0.25, -0.2) is 4.79 Å². The Morgan fingerprint density at radius 1 is 1.53 bits per heavy atom. The molecule has 1 rings (SSSR count). The molecule has 2 atom stereocenters. The summed E-state index contributed by atoms with van der Waals surface area (Å²) in [5.74, 6) is -0.334. The van der Waals surface area contributed by atoms with E-state index in [-0.39, 0.29) is 12.1 Å². The summed E-state index contributed by atoms with van der Waals surface area (Å²) < 4.78 is 0. The van der Waals surface area contributed by atoms with Crippen LogP contribution in [0.15, 0.2) is 0 Å². The van der Waals surface area contributed by atoms with Crippen molar-refractivity contribution in [2.45, 2.75) is 19.4 Å². The Bertz CT molecular complexity index is 298. The largest absolute Gasteiger partial charge is 0.481 e. The van der Waals surface area contributed by atoms with Crippen molar-refractivity contribution < 1.29 is 14.7 Å². The fourth-order valence-electron chi connectivity index (χ4n) is 2.08. The van der Waals surface area contributed by atoms with E-state index < -0.39 is 11.9 Å². The quantitative estimate of drug-likeness (QED) is 0.825. The number of nitrogens with zero attached hydrogens (tertiary/aromatic N) is 2. The second kappa shape index (κ2) is 6.14. The van der Waals surface area contributed by atoms with E-state index in [2.05, 4.69) is 0 Å². The number of hydrogen-bond donors (Lipinski definition) is 1. The van der Waals surface area contributed by atoms with E-state index in [1.807, 2.05) is 13.2 Å². The first kappa shape index (κ1) is 14.2. The SMILES string of the molecule is CSCCN(C)C(=O)N1CCC(C(=O)O)C1C. The highest BCUT2D eigenvalue weighted by Gasteiger charge is 2.38. The smallest absolute Gasteiger partial charge is 0.320 e. The van der Waals surface area contributed by atoms with E-state index in [0.717, 1.165) is 5.75 Å². The van der Waals surface area contributed by atoms with Gasteiger partial charge in [0.2, 0.25) is 0 Å². The Morgan fingerprint density at radius 2 is 2.18 bits per heavy atom. The third-order valence-corrected chi connectivity index (χ3v) is 3.87. The second-order valence-corrected chi connectivity index (χ2v) is 5.35. The molecule has 0 radical (unpaired) electrons. The summed E-state index contributed by atoms with van der Waals surface area (Å²) >= 11 is 1.69. The molecule has 0 aromatic carbocycles. The highest BCUT2D eigenvalue weighted by molar-refractivity contribution is 7.98. The van der Waals surface area contributed by atoms with Crippen molar-refractivity contribution in [3.8, 4) is 0 Å². The molecule has 0 saturated carbocycles. The van der Waals surface area contributed by atoms with Crippen LogP contribution in [0.25, 0.3) is 0 Å². The maximum absolute atomic E-state index is 12.1. The first-order valence-corrected chi connectivity index (χ1v) is 7.12. The molecule has 5 nitrogen and oxygen atoms in total. The molecule has 1 aliphatic heterocycles. The molecule has 0 aliphatic carbocycles. The minimum Gasteiger partial charge on any atom is -0.481 e. The number of carboxylic acids is 1. The second-order valence-electron chi connectivity index (χ2n) is 4.36. The standard InChI is InChI=1S/C11H20N2O3S/c1-8-9(10(14)15)4-5-13(8)11(16)12(2)6-7-17-3/h8-9H,4-7H2,1-3H3,(H,14,15). The number of amides is 2. The van der Waals surface area contributed by atoms with Crippen molar-refractivity contribution in [3.05, 3.63) is 0 Å². The lowest BCUT2D eigenvalue weighted by Crippen LogP contribution is -2.45. The van der Waals surface area contributed by atoms with Crippen LogP contribution in [0.2, 0.25) is 0 Å². The number of carbonyl (C=O) groups excluding carboxylic acids is 1. The molecule has 1 heterocycles. The van der Waals surface area contributed by atoms with Crippen LogP contribution >= 0.6 is 11.8 Å². The summed E-state index contributed by atoms with van der Waals surface area (Å²) in [7, 11) is 1.76. The Labute approximate surface area is 106 Å². The van der Waals surface area contributed by atoms with Crippen molar-refractivity contribution in [1.82, 2.24) is 9.80 Å². The molecular formula is C11H20N2O3S. The normalized spacial score (nSPS) is 23.8. The molecule has 1 fully saturated rings. The predicted octanol–water partition coefficient (Wildman–Crippen LogP) is 1.20. The van der Waals surface area contributed by atoms with Crippen molar-refractivity contribution >= 4 is 23.8 Å². The molecule has 2 unspecified atom stereocenters. The van der Waals surface area contributed by atoms with E-state index in [1.54, 1.807) is 28.6 Å². The number of urea groups is 1. The monoisotopic (exact) mass is 260 g/mol. The van der Waals surface area contributed by atoms with Crippen LogP contribution in [0, 0.1) is 5.92 Å². The minimum atomic E-state index is -0.806. The number of aliphatic carboxylic acids is 1. The summed E-state index contributed by atoms with van der Waals surface area (Å²) in [4.78, 5) is 26.4. The molecule has 17 heavy (non-hydrogen) atoms. The number of carbonyl (C=O) groups is 2. The van der Waals surface area contributed by atoms with Crippen LogP contribution in [0.5, 0.6) is 0 Å². The van der Waals surface area contributed by atoms with Crippen LogP contribution in [-0.2, 0) is 4.79 Å². The van der Waals surface area contributed by atoms with E-state index in [4.69, 9.17) is 5.11 Å². The van der Waals surface area contributed by atoms with Gasteiger partial charge in [-0.1, -0.05) is 0 Å². The summed E-state index contributed by atoms with van der Waals surface area (Å²) in [6, 6.07) is -0.271. The minimum absolute atomic E-state index is 0.0599. The van der Waals surface area contributed by atoms with Gasteiger partial charge in [-0.05, 0) is 19.6 Å². The maximum Gasteiger partial charge on any atom is 0.320 e. The molecule has 0 spiro atoms. The van der Waals surface area contributed by atoms with E-state index in [1.165, 1.54) is 0 Å². The Balaban J connectivity index is 2.56. The molecule has 0 aromatic heterocycles. The number of thioether (sulfide) groups is 1. The fourth-order valence-corrected chi connectivity index (χ4v) is 2.54. The lowest BCUT2D eigenvalue weighted by molar-refractivity contribution is -0.142. The lowest BCUT2D eigenvalue weighted by atomic mass is 10.0. The summed E-state index contributed by atoms with van der Waals surface area (Å²) in [6.07, 6.45) is 2.55. The maximum atomic E-state index is 12.1. The zero-order chi connectivity index (χ0) is 13.0. The number of likely N-dealkylation sites (tertiary alicyclic amines) is 1. The van der Waals surface area contributed by atoms with Gasteiger partial charge >= 0.3 is 12.0 Å². The Hall–Kier alpha value is -0.910. The average Bonchev–Trinajstić information content (AvgIpc) is 2.67. The zero-order valence-electron chi connectivity index (χ0n) is 10.5. The van der Waals surface area contributed by atoms with Crippen LogP contribution < -0.4 is 0 Å². The molecule has 1 saturated heterocycles. The zero-order valence-corrected chi connectivity index (χ0v) is 11.4. The molecule has 2 amide bonds. The van der Waals surface area contributed by atoms with Gasteiger partial charge in [0.15, 0.2) is 0 Å². The van der Waals surface area contributed by atoms with Crippen molar-refractivity contribution in [2.24, 2.45) is 5.92 Å². The van der Waals surface area contributed by atoms with Gasteiger partial charge in [0.1, 0.15) is 0 Å². The van der Waals surface area contributed by atoms with Crippen molar-refractivity contribution in [1.29, 1.82) is 0 Å². The predicted molar refractivity (Wildman–Crippen MR) is 68.3 cm³/mol. The van der Waals surface area contributed by atoms with Gasteiger partial charge < -0.3 is 14.9 Å². The van der Waals surface area contributed by atoms with Crippen LogP contribution in [-0.4, -0.2) is 65.1 Å². The van der Waals surface area contributed by atoms with Crippen LogP contribution in [0.1, 0.15) is 13.3 Å². The average molecular weight is 260 g/mol. The fraction of sp³-hybridized carbons (Fsp3) is 0.818. The summed E-state index contributed by atoms with van der Waals surface area (Å²) in [6.45, 7) is 3.05. The third-order valence-electron chi connectivity index (χ3n) is 3.28. The third kappa shape index (κ3) is 3.28. The molecule has 0 bridgehead atoms. The van der Waals surface area contributed by atoms with Crippen molar-refractivity contribution in [2.75, 3.05) is 32.1 Å². The van der Waals surface area contributed by atoms with Crippen molar-refractivity contribution in [3.63, 3.8) is 0 Å². The van der Waals surface area contributed by atoms with Crippen LogP contribution in [0.3, 0.4) is 0 Å². The molecule has 1 N–H and O–H groups in total. The molecule has 6 heteroatoms. The van der Waals surface area contributed by atoms with Crippen LogP contribution in [0.4, 0.5) is 4.79 Å². The first-order valence-electron chi connectivity index (χ1n) is 5.72. The molecular weight excluding hydrogens is 240 g/mol. The van der Waals surface area contributed by atoms with Gasteiger partial charge in [-0.2, -0.15) is 11.8 Å². The lowest BCUT2D eigenvalue weighted by Gasteiger charge is -2.28. The van der Waals surface area contributed by atoms with E-state index in [9.17, 15) is 9.59 Å². The van der Waals surface area contributed by atoms with Gasteiger partial charge in [0.05, 0.1) is 5.92 Å². The van der Waals surface area contributed by atoms with E-state index in [0.29, 0.717) is 19.5 Å². The van der Waals surface area contributed by atoms with E-state index >= 15 is 0 Å². The van der Waals surface area contributed by atoms with Gasteiger partial charge in [0, 0.05) is 31.9 Å². The van der Waals surface area contributed by atoms with Gasteiger partial charge in [-0.15, -0.1) is 0 Å². The summed E-state index contributed by atoms with van der Waals surface area (Å²) in [5.41, 5.74) is 0. The number of hydrogen-bond acceptors (Lipinski definition) is 3. The first-order chi connectivity index (χ1) is 7.99. The highest BCUT2D eigenvalue weighted by atomic mass is 32.2. The molecule has 98 valence electrons. The molecule has 1 aliphatic rings. The Kier molecular flexibility index (Phi) is 5.11. The van der Waals surface area contributed by atoms with Gasteiger partial charge in [0.25, 0.3) is 0 Å². The topological polar surface area (TPSA) is 60.9 Å². The Morgan fingerprint density at radius 3 is 2.65 bits per heavy atom. The summed E-state index contributed by atoms with van der Waals surface area (Å²) in [5, 5.41) is 9.01. The number of carboxylic acid groups (broad SMARTS) is 1.